The average molecular weight is 522 g/mol. The van der Waals surface area contributed by atoms with Crippen molar-refractivity contribution in [1.29, 1.82) is 0 Å². The number of aromatic nitrogens is 2. The minimum absolute atomic E-state index is 0.185. The molecular weight excluding hydrogens is 490 g/mol. The summed E-state index contributed by atoms with van der Waals surface area (Å²) >= 11 is 6.62. The van der Waals surface area contributed by atoms with Crippen LogP contribution in [0.25, 0.3) is 11.0 Å². The third-order valence-electron chi connectivity index (χ3n) is 6.37. The van der Waals surface area contributed by atoms with Crippen molar-refractivity contribution in [2.45, 2.75) is 32.9 Å². The molecule has 0 bridgehead atoms. The van der Waals surface area contributed by atoms with Crippen molar-refractivity contribution >= 4 is 28.5 Å². The van der Waals surface area contributed by atoms with E-state index in [1.807, 2.05) is 48.5 Å². The summed E-state index contributed by atoms with van der Waals surface area (Å²) in [5.41, 5.74) is 3.27. The minimum Gasteiger partial charge on any atom is -0.496 e. The number of para-hydroxylation sites is 3. The molecule has 0 aliphatic rings. The van der Waals surface area contributed by atoms with Crippen LogP contribution in [-0.4, -0.2) is 48.2 Å². The predicted molar refractivity (Wildman–Crippen MR) is 146 cm³/mol. The van der Waals surface area contributed by atoms with Crippen molar-refractivity contribution in [3.05, 3.63) is 82.6 Å². The monoisotopic (exact) mass is 521 g/mol. The van der Waals surface area contributed by atoms with E-state index >= 15 is 0 Å². The first-order valence-corrected chi connectivity index (χ1v) is 12.7. The number of imidazole rings is 1. The van der Waals surface area contributed by atoms with Gasteiger partial charge >= 0.3 is 0 Å². The van der Waals surface area contributed by atoms with Crippen molar-refractivity contribution in [3.63, 3.8) is 0 Å². The highest BCUT2D eigenvalue weighted by Gasteiger charge is 2.25. The van der Waals surface area contributed by atoms with Crippen LogP contribution in [0, 0.1) is 0 Å². The Balaban J connectivity index is 1.74. The van der Waals surface area contributed by atoms with Crippen LogP contribution in [0.2, 0.25) is 5.02 Å². The van der Waals surface area contributed by atoms with Gasteiger partial charge in [-0.1, -0.05) is 55.3 Å². The first kappa shape index (κ1) is 26.4. The van der Waals surface area contributed by atoms with E-state index in [1.165, 1.54) is 14.2 Å². The van der Waals surface area contributed by atoms with Gasteiger partial charge in [0, 0.05) is 12.1 Å². The molecule has 0 spiro atoms. The van der Waals surface area contributed by atoms with E-state index < -0.39 is 0 Å². The molecule has 0 atom stereocenters. The summed E-state index contributed by atoms with van der Waals surface area (Å²) in [5, 5.41) is 0.232. The van der Waals surface area contributed by atoms with Gasteiger partial charge in [0.25, 0.3) is 5.91 Å². The first-order valence-electron chi connectivity index (χ1n) is 12.3. The molecule has 0 N–H and O–H groups in total. The maximum atomic E-state index is 13.8. The lowest BCUT2D eigenvalue weighted by atomic mass is 10.1. The third kappa shape index (κ3) is 5.52. The summed E-state index contributed by atoms with van der Waals surface area (Å²) in [5.74, 6) is 2.22. The second-order valence-corrected chi connectivity index (χ2v) is 9.04. The van der Waals surface area contributed by atoms with E-state index in [4.69, 9.17) is 30.8 Å². The molecule has 0 unspecified atom stereocenters. The highest BCUT2D eigenvalue weighted by Crippen LogP contribution is 2.38. The third-order valence-corrected chi connectivity index (χ3v) is 6.75. The van der Waals surface area contributed by atoms with Crippen molar-refractivity contribution in [3.8, 4) is 17.2 Å². The molecule has 3 aromatic carbocycles. The van der Waals surface area contributed by atoms with Gasteiger partial charge in [0.15, 0.2) is 11.5 Å². The van der Waals surface area contributed by atoms with Crippen molar-refractivity contribution in [2.75, 3.05) is 27.9 Å². The van der Waals surface area contributed by atoms with Crippen LogP contribution >= 0.6 is 11.6 Å². The van der Waals surface area contributed by atoms with Crippen LogP contribution in [-0.2, 0) is 13.1 Å². The van der Waals surface area contributed by atoms with Crippen LogP contribution < -0.4 is 14.2 Å². The molecule has 1 heterocycles. The lowest BCUT2D eigenvalue weighted by molar-refractivity contribution is 0.0734. The van der Waals surface area contributed by atoms with Crippen molar-refractivity contribution < 1.29 is 19.0 Å². The van der Waals surface area contributed by atoms with Crippen molar-refractivity contribution in [2.24, 2.45) is 0 Å². The number of nitrogens with zero attached hydrogens (tertiary/aromatic N) is 3. The normalized spacial score (nSPS) is 10.9. The first-order chi connectivity index (χ1) is 18.0. The Hall–Kier alpha value is -3.71. The van der Waals surface area contributed by atoms with Gasteiger partial charge in [-0.15, -0.1) is 0 Å². The Morgan fingerprint density at radius 1 is 0.946 bits per heavy atom. The van der Waals surface area contributed by atoms with Gasteiger partial charge in [-0.25, -0.2) is 4.98 Å². The number of hydrogen-bond donors (Lipinski definition) is 0. The smallest absolute Gasteiger partial charge is 0.255 e. The van der Waals surface area contributed by atoms with E-state index in [2.05, 4.69) is 11.5 Å². The van der Waals surface area contributed by atoms with Crippen LogP contribution in [0.3, 0.4) is 0 Å². The van der Waals surface area contributed by atoms with E-state index in [0.29, 0.717) is 36.7 Å². The number of unbranched alkanes of at least 4 members (excludes halogenated alkanes) is 1. The Bertz CT molecular complexity index is 1390. The zero-order valence-electron chi connectivity index (χ0n) is 21.7. The molecule has 37 heavy (non-hydrogen) atoms. The summed E-state index contributed by atoms with van der Waals surface area (Å²) in [6.07, 6.45) is 1.80. The van der Waals surface area contributed by atoms with E-state index in [-0.39, 0.29) is 10.9 Å². The highest BCUT2D eigenvalue weighted by atomic mass is 35.5. The molecule has 1 aromatic heterocycles. The van der Waals surface area contributed by atoms with Gasteiger partial charge in [-0.2, -0.15) is 0 Å². The largest absolute Gasteiger partial charge is 0.496 e. The van der Waals surface area contributed by atoms with Crippen LogP contribution in [0.15, 0.2) is 60.7 Å². The standard InChI is InChI=1S/C29H32ClN3O4/c1-5-6-17-32(29(34)21-15-16-25(36-3)28(37-4)27(21)30)19-26-31-22-12-8-9-13-23(22)33(26)18-20-11-7-10-14-24(20)35-2/h7-16H,5-6,17-19H2,1-4H3. The van der Waals surface area contributed by atoms with Gasteiger partial charge in [0.1, 0.15) is 11.6 Å². The average Bonchev–Trinajstić information content (AvgIpc) is 3.27. The van der Waals surface area contributed by atoms with Gasteiger partial charge in [0.2, 0.25) is 0 Å². The number of rotatable bonds is 11. The van der Waals surface area contributed by atoms with Gasteiger partial charge in [0.05, 0.1) is 56.0 Å². The number of carbonyl (C=O) groups excluding carboxylic acids is 1. The molecular formula is C29H32ClN3O4. The van der Waals surface area contributed by atoms with Gasteiger partial charge in [-0.3, -0.25) is 4.79 Å². The fraction of sp³-hybridized carbons (Fsp3) is 0.310. The molecule has 0 saturated carbocycles. The van der Waals surface area contributed by atoms with Crippen LogP contribution in [0.5, 0.6) is 17.2 Å². The Morgan fingerprint density at radius 3 is 2.41 bits per heavy atom. The Kier molecular flexibility index (Phi) is 8.56. The number of carbonyl (C=O) groups is 1. The Morgan fingerprint density at radius 2 is 1.68 bits per heavy atom. The molecule has 4 rings (SSSR count). The highest BCUT2D eigenvalue weighted by molar-refractivity contribution is 6.35. The van der Waals surface area contributed by atoms with Crippen LogP contribution in [0.4, 0.5) is 0 Å². The molecule has 4 aromatic rings. The number of amides is 1. The number of ether oxygens (including phenoxy) is 3. The summed E-state index contributed by atoms with van der Waals surface area (Å²) in [6, 6.07) is 19.3. The quantitative estimate of drug-likeness (QED) is 0.235. The summed E-state index contributed by atoms with van der Waals surface area (Å²) in [4.78, 5) is 20.5. The Labute approximate surface area is 222 Å². The lowest BCUT2D eigenvalue weighted by Gasteiger charge is -2.24. The van der Waals surface area contributed by atoms with Crippen LogP contribution in [0.1, 0.15) is 41.5 Å². The molecule has 0 fully saturated rings. The molecule has 7 nitrogen and oxygen atoms in total. The molecule has 0 aliphatic heterocycles. The zero-order valence-corrected chi connectivity index (χ0v) is 22.4. The number of fused-ring (bicyclic) bond motifs is 1. The van der Waals surface area contributed by atoms with Gasteiger partial charge in [-0.05, 0) is 36.8 Å². The molecule has 0 saturated heterocycles. The van der Waals surface area contributed by atoms with E-state index in [0.717, 1.165) is 41.0 Å². The summed E-state index contributed by atoms with van der Waals surface area (Å²) < 4.78 is 18.5. The number of methoxy groups -OCH3 is 3. The van der Waals surface area contributed by atoms with E-state index in [9.17, 15) is 4.79 Å². The SMILES string of the molecule is CCCCN(Cc1nc2ccccc2n1Cc1ccccc1OC)C(=O)c1ccc(OC)c(OC)c1Cl. The summed E-state index contributed by atoms with van der Waals surface area (Å²) in [7, 11) is 4.71. The maximum absolute atomic E-state index is 13.8. The number of hydrogen-bond acceptors (Lipinski definition) is 5. The topological polar surface area (TPSA) is 65.8 Å². The lowest BCUT2D eigenvalue weighted by Crippen LogP contribution is -2.33. The fourth-order valence-corrected chi connectivity index (χ4v) is 4.74. The fourth-order valence-electron chi connectivity index (χ4n) is 4.42. The second-order valence-electron chi connectivity index (χ2n) is 8.66. The molecule has 8 heteroatoms. The zero-order chi connectivity index (χ0) is 26.4. The molecule has 0 radical (unpaired) electrons. The van der Waals surface area contributed by atoms with Gasteiger partial charge < -0.3 is 23.7 Å². The molecule has 0 aliphatic carbocycles. The van der Waals surface area contributed by atoms with E-state index in [1.54, 1.807) is 24.1 Å². The maximum Gasteiger partial charge on any atom is 0.255 e. The number of halogens is 1. The predicted octanol–water partition coefficient (Wildman–Crippen LogP) is 6.21. The number of benzene rings is 3. The second kappa shape index (κ2) is 12.0. The minimum atomic E-state index is -0.185. The molecule has 1 amide bonds. The van der Waals surface area contributed by atoms with Crippen molar-refractivity contribution in [1.82, 2.24) is 14.5 Å². The molecule has 194 valence electrons. The summed E-state index contributed by atoms with van der Waals surface area (Å²) in [6.45, 7) is 3.56.